The molecule has 6 nitrogen and oxygen atoms in total. The molecule has 138 valence electrons. The minimum atomic E-state index is -1.02. The Kier molecular flexibility index (Phi) is 4.18. The molecule has 2 aliphatic rings. The fourth-order valence-electron chi connectivity index (χ4n) is 4.04. The number of fused-ring (bicyclic) bond motifs is 2. The molecule has 0 spiro atoms. The van der Waals surface area contributed by atoms with Gasteiger partial charge < -0.3 is 14.9 Å². The zero-order valence-corrected chi connectivity index (χ0v) is 15.0. The first-order chi connectivity index (χ1) is 13.0. The van der Waals surface area contributed by atoms with Crippen LogP contribution < -0.4 is 4.90 Å². The molecule has 0 radical (unpaired) electrons. The van der Waals surface area contributed by atoms with Gasteiger partial charge in [-0.25, -0.2) is 4.79 Å². The number of benzene rings is 2. The average Bonchev–Trinajstić information content (AvgIpc) is 2.69. The molecule has 0 bridgehead atoms. The summed E-state index contributed by atoms with van der Waals surface area (Å²) < 4.78 is 0. The summed E-state index contributed by atoms with van der Waals surface area (Å²) >= 11 is 0. The molecule has 27 heavy (non-hydrogen) atoms. The van der Waals surface area contributed by atoms with E-state index in [9.17, 15) is 19.5 Å². The minimum Gasteiger partial charge on any atom is -0.480 e. The molecule has 2 heterocycles. The van der Waals surface area contributed by atoms with Gasteiger partial charge in [0.05, 0.1) is 5.92 Å². The van der Waals surface area contributed by atoms with Crippen LogP contribution in [0.4, 0.5) is 5.69 Å². The minimum absolute atomic E-state index is 0.0524. The first-order valence-corrected chi connectivity index (χ1v) is 8.93. The number of hydrogen-bond donors (Lipinski definition) is 1. The third-order valence-electron chi connectivity index (χ3n) is 5.54. The molecule has 0 saturated carbocycles. The maximum absolute atomic E-state index is 13.4. The van der Waals surface area contributed by atoms with E-state index >= 15 is 0 Å². The molecular weight excluding hydrogens is 344 g/mol. The predicted octanol–water partition coefficient (Wildman–Crippen LogP) is 2.17. The Bertz CT molecular complexity index is 939. The highest BCUT2D eigenvalue weighted by Gasteiger charge is 2.41. The standard InChI is InChI=1S/C21H20N2O4/c1-22-17-9-5-4-8-15(17)16(11-19(22)24)20(25)23-12-14-7-3-2-6-13(14)10-18(23)21(26)27/h2-9,16,18H,10-12H2,1H3,(H,26,27)/t16-,18+/m0/s1. The number of nitrogens with zero attached hydrogens (tertiary/aromatic N) is 2. The lowest BCUT2D eigenvalue weighted by molar-refractivity contribution is -0.152. The van der Waals surface area contributed by atoms with Gasteiger partial charge in [0.25, 0.3) is 0 Å². The Labute approximate surface area is 157 Å². The van der Waals surface area contributed by atoms with Crippen LogP contribution >= 0.6 is 0 Å². The number of carbonyl (C=O) groups excluding carboxylic acids is 2. The molecule has 0 aromatic heterocycles. The summed E-state index contributed by atoms with van der Waals surface area (Å²) in [4.78, 5) is 40.6. The number of carboxylic acids is 1. The van der Waals surface area contributed by atoms with E-state index in [1.165, 1.54) is 4.90 Å². The monoisotopic (exact) mass is 364 g/mol. The second kappa shape index (κ2) is 6.54. The topological polar surface area (TPSA) is 77.9 Å². The van der Waals surface area contributed by atoms with Crippen molar-refractivity contribution in [1.82, 2.24) is 4.90 Å². The van der Waals surface area contributed by atoms with Gasteiger partial charge in [-0.15, -0.1) is 0 Å². The van der Waals surface area contributed by atoms with E-state index in [0.29, 0.717) is 5.69 Å². The third-order valence-corrected chi connectivity index (χ3v) is 5.54. The molecule has 2 aliphatic heterocycles. The molecule has 0 fully saturated rings. The van der Waals surface area contributed by atoms with Crippen LogP contribution in [0.2, 0.25) is 0 Å². The highest BCUT2D eigenvalue weighted by Crippen LogP contribution is 2.37. The summed E-state index contributed by atoms with van der Waals surface area (Å²) in [5, 5.41) is 9.70. The van der Waals surface area contributed by atoms with Gasteiger partial charge in [-0.05, 0) is 22.8 Å². The van der Waals surface area contributed by atoms with Gasteiger partial charge in [0.1, 0.15) is 6.04 Å². The summed E-state index contributed by atoms with van der Waals surface area (Å²) in [5.41, 5.74) is 3.38. The quantitative estimate of drug-likeness (QED) is 0.886. The van der Waals surface area contributed by atoms with Gasteiger partial charge in [-0.2, -0.15) is 0 Å². The van der Waals surface area contributed by atoms with E-state index in [0.717, 1.165) is 16.7 Å². The molecule has 2 amide bonds. The van der Waals surface area contributed by atoms with E-state index in [1.54, 1.807) is 11.9 Å². The van der Waals surface area contributed by atoms with Crippen molar-refractivity contribution in [2.75, 3.05) is 11.9 Å². The van der Waals surface area contributed by atoms with E-state index in [1.807, 2.05) is 48.5 Å². The van der Waals surface area contributed by atoms with E-state index in [2.05, 4.69) is 0 Å². The van der Waals surface area contributed by atoms with E-state index in [-0.39, 0.29) is 31.2 Å². The highest BCUT2D eigenvalue weighted by molar-refractivity contribution is 6.03. The molecule has 2 aromatic rings. The number of carboxylic acid groups (broad SMARTS) is 1. The van der Waals surface area contributed by atoms with E-state index in [4.69, 9.17) is 0 Å². The summed E-state index contributed by atoms with van der Waals surface area (Å²) in [6, 6.07) is 14.0. The summed E-state index contributed by atoms with van der Waals surface area (Å²) in [6.45, 7) is 0.245. The zero-order valence-electron chi connectivity index (χ0n) is 15.0. The lowest BCUT2D eigenvalue weighted by Crippen LogP contribution is -2.51. The largest absolute Gasteiger partial charge is 0.480 e. The van der Waals surface area contributed by atoms with Crippen LogP contribution in [-0.4, -0.2) is 40.9 Å². The van der Waals surface area contributed by atoms with Crippen molar-refractivity contribution in [3.8, 4) is 0 Å². The van der Waals surface area contributed by atoms with Crippen LogP contribution in [0.15, 0.2) is 48.5 Å². The number of amides is 2. The lowest BCUT2D eigenvalue weighted by atomic mass is 9.86. The molecule has 6 heteroatoms. The highest BCUT2D eigenvalue weighted by atomic mass is 16.4. The van der Waals surface area contributed by atoms with Crippen molar-refractivity contribution in [3.05, 3.63) is 65.2 Å². The molecule has 0 aliphatic carbocycles. The van der Waals surface area contributed by atoms with Gasteiger partial charge in [-0.3, -0.25) is 9.59 Å². The number of hydrogen-bond acceptors (Lipinski definition) is 3. The van der Waals surface area contributed by atoms with Gasteiger partial charge in [0, 0.05) is 32.1 Å². The van der Waals surface area contributed by atoms with Crippen molar-refractivity contribution in [3.63, 3.8) is 0 Å². The van der Waals surface area contributed by atoms with Crippen molar-refractivity contribution >= 4 is 23.5 Å². The molecule has 1 N–H and O–H groups in total. The smallest absolute Gasteiger partial charge is 0.326 e. The summed E-state index contributed by atoms with van der Waals surface area (Å²) in [6.07, 6.45) is 0.330. The number of anilines is 1. The molecule has 0 unspecified atom stereocenters. The second-order valence-corrected chi connectivity index (χ2v) is 7.06. The van der Waals surface area contributed by atoms with Crippen LogP contribution in [0.25, 0.3) is 0 Å². The molecule has 4 rings (SSSR count). The second-order valence-electron chi connectivity index (χ2n) is 7.06. The average molecular weight is 364 g/mol. The maximum atomic E-state index is 13.4. The van der Waals surface area contributed by atoms with Crippen molar-refractivity contribution in [2.24, 2.45) is 0 Å². The van der Waals surface area contributed by atoms with Gasteiger partial charge in [0.15, 0.2) is 0 Å². The Morgan fingerprint density at radius 3 is 2.41 bits per heavy atom. The van der Waals surface area contributed by atoms with Crippen molar-refractivity contribution in [2.45, 2.75) is 31.3 Å². The SMILES string of the molecule is CN1C(=O)C[C@H](C(=O)N2Cc3ccccc3C[C@@H]2C(=O)O)c2ccccc21. The van der Waals surface area contributed by atoms with E-state index < -0.39 is 17.9 Å². The Morgan fingerprint density at radius 1 is 1.00 bits per heavy atom. The van der Waals surface area contributed by atoms with Crippen LogP contribution in [0.5, 0.6) is 0 Å². The van der Waals surface area contributed by atoms with Crippen molar-refractivity contribution in [1.29, 1.82) is 0 Å². The summed E-state index contributed by atoms with van der Waals surface area (Å²) in [5.74, 6) is -2.12. The van der Waals surface area contributed by atoms with Gasteiger partial charge >= 0.3 is 5.97 Å². The van der Waals surface area contributed by atoms with Crippen LogP contribution in [-0.2, 0) is 27.3 Å². The lowest BCUT2D eigenvalue weighted by Gasteiger charge is -2.39. The Hall–Kier alpha value is -3.15. The Balaban J connectivity index is 1.72. The summed E-state index contributed by atoms with van der Waals surface area (Å²) in [7, 11) is 1.69. The fraction of sp³-hybridized carbons (Fsp3) is 0.286. The Morgan fingerprint density at radius 2 is 1.67 bits per heavy atom. The third kappa shape index (κ3) is 2.87. The fourth-order valence-corrected chi connectivity index (χ4v) is 4.04. The molecule has 2 atom stereocenters. The number of carbonyl (C=O) groups is 3. The van der Waals surface area contributed by atoms with Gasteiger partial charge in [0.2, 0.25) is 11.8 Å². The van der Waals surface area contributed by atoms with Crippen LogP contribution in [0.3, 0.4) is 0 Å². The normalized spacial score (nSPS) is 21.4. The van der Waals surface area contributed by atoms with Crippen LogP contribution in [0, 0.1) is 0 Å². The van der Waals surface area contributed by atoms with Crippen molar-refractivity contribution < 1.29 is 19.5 Å². The van der Waals surface area contributed by atoms with Gasteiger partial charge in [-0.1, -0.05) is 42.5 Å². The first-order valence-electron chi connectivity index (χ1n) is 8.93. The molecule has 0 saturated heterocycles. The maximum Gasteiger partial charge on any atom is 0.326 e. The first kappa shape index (κ1) is 17.3. The molecule has 2 aromatic carbocycles. The molecular formula is C21H20N2O4. The number of rotatable bonds is 2. The zero-order chi connectivity index (χ0) is 19.1. The number of aliphatic carboxylic acids is 1. The predicted molar refractivity (Wildman–Crippen MR) is 99.3 cm³/mol. The number of para-hydroxylation sites is 1. The van der Waals surface area contributed by atoms with Crippen LogP contribution in [0.1, 0.15) is 29.0 Å².